The second kappa shape index (κ2) is 4.10. The summed E-state index contributed by atoms with van der Waals surface area (Å²) in [5.74, 6) is 1.11. The Morgan fingerprint density at radius 2 is 2.06 bits per heavy atom. The summed E-state index contributed by atoms with van der Waals surface area (Å²) >= 11 is 0. The average Bonchev–Trinajstić information content (AvgIpc) is 2.65. The van der Waals surface area contributed by atoms with Crippen LogP contribution in [-0.2, 0) is 6.42 Å². The van der Waals surface area contributed by atoms with Gasteiger partial charge in [0.15, 0.2) is 0 Å². The van der Waals surface area contributed by atoms with Crippen LogP contribution >= 0.6 is 0 Å². The van der Waals surface area contributed by atoms with Gasteiger partial charge in [0.25, 0.3) is 0 Å². The quantitative estimate of drug-likeness (QED) is 0.825. The van der Waals surface area contributed by atoms with Gasteiger partial charge in [-0.2, -0.15) is 0 Å². The topological polar surface area (TPSA) is 21.3 Å². The first-order valence-corrected chi connectivity index (χ1v) is 5.96. The van der Waals surface area contributed by atoms with E-state index in [1.165, 1.54) is 11.1 Å². The van der Waals surface area contributed by atoms with E-state index in [0.29, 0.717) is 6.04 Å². The molecule has 0 aliphatic carbocycles. The first-order chi connectivity index (χ1) is 7.54. The Bertz CT molecular complexity index is 379. The maximum Gasteiger partial charge on any atom is 0.127 e. The van der Waals surface area contributed by atoms with E-state index in [2.05, 4.69) is 44.3 Å². The molecule has 2 rings (SSSR count). The van der Waals surface area contributed by atoms with Gasteiger partial charge in [-0.05, 0) is 18.0 Å². The second-order valence-corrected chi connectivity index (χ2v) is 5.52. The van der Waals surface area contributed by atoms with Crippen molar-refractivity contribution in [2.45, 2.75) is 33.2 Å². The predicted molar refractivity (Wildman–Crippen MR) is 66.9 cm³/mol. The van der Waals surface area contributed by atoms with Gasteiger partial charge in [-0.3, -0.25) is 0 Å². The molecular formula is C14H21NO. The number of nitrogens with one attached hydrogen (secondary N) is 1. The van der Waals surface area contributed by atoms with Gasteiger partial charge in [-0.25, -0.2) is 0 Å². The van der Waals surface area contributed by atoms with Gasteiger partial charge in [0.1, 0.15) is 5.75 Å². The third-order valence-electron chi connectivity index (χ3n) is 3.21. The van der Waals surface area contributed by atoms with E-state index in [-0.39, 0.29) is 5.41 Å². The zero-order chi connectivity index (χ0) is 11.8. The fourth-order valence-corrected chi connectivity index (χ4v) is 2.52. The highest BCUT2D eigenvalue weighted by atomic mass is 16.5. The fourth-order valence-electron chi connectivity index (χ4n) is 2.52. The Balaban J connectivity index is 2.43. The second-order valence-electron chi connectivity index (χ2n) is 5.52. The molecule has 0 aromatic heterocycles. The van der Waals surface area contributed by atoms with Crippen molar-refractivity contribution in [2.24, 2.45) is 5.41 Å². The lowest BCUT2D eigenvalue weighted by Crippen LogP contribution is -2.29. The predicted octanol–water partition coefficient (Wildman–Crippen LogP) is 2.93. The van der Waals surface area contributed by atoms with Gasteiger partial charge in [0.05, 0.1) is 6.61 Å². The maximum absolute atomic E-state index is 5.77. The van der Waals surface area contributed by atoms with E-state index in [9.17, 15) is 0 Å². The highest BCUT2D eigenvalue weighted by Crippen LogP contribution is 2.40. The Morgan fingerprint density at radius 3 is 2.69 bits per heavy atom. The maximum atomic E-state index is 5.77. The van der Waals surface area contributed by atoms with Crippen LogP contribution in [0.15, 0.2) is 18.2 Å². The number of rotatable bonds is 2. The van der Waals surface area contributed by atoms with E-state index in [4.69, 9.17) is 4.74 Å². The van der Waals surface area contributed by atoms with Gasteiger partial charge in [0, 0.05) is 18.0 Å². The summed E-state index contributed by atoms with van der Waals surface area (Å²) in [7, 11) is 2.02. The molecule has 1 aromatic carbocycles. The molecule has 0 radical (unpaired) electrons. The lowest BCUT2D eigenvalue weighted by Gasteiger charge is -2.31. The minimum absolute atomic E-state index is 0.190. The largest absolute Gasteiger partial charge is 0.493 e. The van der Waals surface area contributed by atoms with Crippen LogP contribution in [0.3, 0.4) is 0 Å². The van der Waals surface area contributed by atoms with E-state index in [0.717, 1.165) is 18.8 Å². The van der Waals surface area contributed by atoms with Gasteiger partial charge in [-0.1, -0.05) is 39.0 Å². The molecule has 0 saturated heterocycles. The molecule has 2 heteroatoms. The van der Waals surface area contributed by atoms with Crippen molar-refractivity contribution < 1.29 is 4.74 Å². The molecule has 0 spiro atoms. The normalized spacial score (nSPS) is 16.8. The summed E-state index contributed by atoms with van der Waals surface area (Å²) in [5.41, 5.74) is 2.84. The van der Waals surface area contributed by atoms with Crippen molar-refractivity contribution in [3.8, 4) is 5.75 Å². The molecule has 0 fully saturated rings. The molecule has 0 amide bonds. The molecule has 1 atom stereocenters. The van der Waals surface area contributed by atoms with Crippen molar-refractivity contribution in [1.82, 2.24) is 5.32 Å². The van der Waals surface area contributed by atoms with Crippen LogP contribution in [-0.4, -0.2) is 13.7 Å². The van der Waals surface area contributed by atoms with Crippen LogP contribution in [0.25, 0.3) is 0 Å². The molecule has 88 valence electrons. The van der Waals surface area contributed by atoms with E-state index in [1.807, 2.05) is 7.05 Å². The molecule has 2 nitrogen and oxygen atoms in total. The Kier molecular flexibility index (Phi) is 2.94. The molecule has 1 aliphatic heterocycles. The van der Waals surface area contributed by atoms with Crippen molar-refractivity contribution in [1.29, 1.82) is 0 Å². The lowest BCUT2D eigenvalue weighted by molar-refractivity contribution is 0.274. The van der Waals surface area contributed by atoms with E-state index >= 15 is 0 Å². The van der Waals surface area contributed by atoms with Gasteiger partial charge < -0.3 is 10.1 Å². The van der Waals surface area contributed by atoms with Crippen LogP contribution in [0.1, 0.15) is 37.9 Å². The van der Waals surface area contributed by atoms with Crippen molar-refractivity contribution in [2.75, 3.05) is 13.7 Å². The summed E-state index contributed by atoms with van der Waals surface area (Å²) in [5, 5.41) is 3.41. The van der Waals surface area contributed by atoms with Crippen molar-refractivity contribution in [3.05, 3.63) is 29.3 Å². The van der Waals surface area contributed by atoms with Crippen LogP contribution in [0, 0.1) is 5.41 Å². The lowest BCUT2D eigenvalue weighted by atomic mass is 9.81. The van der Waals surface area contributed by atoms with Crippen LogP contribution in [0.5, 0.6) is 5.75 Å². The van der Waals surface area contributed by atoms with Crippen LogP contribution in [0.4, 0.5) is 0 Å². The first kappa shape index (κ1) is 11.5. The smallest absolute Gasteiger partial charge is 0.127 e. The van der Waals surface area contributed by atoms with Gasteiger partial charge in [-0.15, -0.1) is 0 Å². The van der Waals surface area contributed by atoms with E-state index < -0.39 is 0 Å². The summed E-state index contributed by atoms with van der Waals surface area (Å²) < 4.78 is 5.77. The fraction of sp³-hybridized carbons (Fsp3) is 0.571. The number of hydrogen-bond donors (Lipinski definition) is 1. The molecule has 1 N–H and O–H groups in total. The Labute approximate surface area is 98.0 Å². The Morgan fingerprint density at radius 1 is 1.31 bits per heavy atom. The molecule has 1 aliphatic rings. The number of benzene rings is 1. The van der Waals surface area contributed by atoms with Crippen molar-refractivity contribution in [3.63, 3.8) is 0 Å². The van der Waals surface area contributed by atoms with Gasteiger partial charge >= 0.3 is 0 Å². The minimum Gasteiger partial charge on any atom is -0.493 e. The third-order valence-corrected chi connectivity index (χ3v) is 3.21. The summed E-state index contributed by atoms with van der Waals surface area (Å²) in [6.45, 7) is 7.58. The first-order valence-electron chi connectivity index (χ1n) is 5.96. The summed E-state index contributed by atoms with van der Waals surface area (Å²) in [6, 6.07) is 6.82. The molecule has 16 heavy (non-hydrogen) atoms. The van der Waals surface area contributed by atoms with Gasteiger partial charge in [0.2, 0.25) is 0 Å². The average molecular weight is 219 g/mol. The van der Waals surface area contributed by atoms with E-state index in [1.54, 1.807) is 0 Å². The zero-order valence-corrected chi connectivity index (χ0v) is 10.6. The Hall–Kier alpha value is -1.02. The standard InChI is InChI=1S/C14H21NO/c1-14(2,3)13(15-4)11-7-5-6-10-8-9-16-12(10)11/h5-7,13,15H,8-9H2,1-4H3. The number of hydrogen-bond acceptors (Lipinski definition) is 2. The molecule has 0 saturated carbocycles. The number of ether oxygens (including phenoxy) is 1. The molecule has 1 heterocycles. The van der Waals surface area contributed by atoms with Crippen molar-refractivity contribution >= 4 is 0 Å². The zero-order valence-electron chi connectivity index (χ0n) is 10.6. The molecule has 1 aromatic rings. The SMILES string of the molecule is CNC(c1cccc2c1OCC2)C(C)(C)C. The molecule has 1 unspecified atom stereocenters. The molecular weight excluding hydrogens is 198 g/mol. The highest BCUT2D eigenvalue weighted by Gasteiger charge is 2.29. The molecule has 0 bridgehead atoms. The third kappa shape index (κ3) is 1.94. The minimum atomic E-state index is 0.190. The monoisotopic (exact) mass is 219 g/mol. The number of fused-ring (bicyclic) bond motifs is 1. The van der Waals surface area contributed by atoms with Crippen LogP contribution < -0.4 is 10.1 Å². The summed E-state index contributed by atoms with van der Waals surface area (Å²) in [4.78, 5) is 0. The van der Waals surface area contributed by atoms with Crippen LogP contribution in [0.2, 0.25) is 0 Å². The number of para-hydroxylation sites is 1. The highest BCUT2D eigenvalue weighted by molar-refractivity contribution is 5.46. The summed E-state index contributed by atoms with van der Waals surface area (Å²) in [6.07, 6.45) is 1.05.